The second kappa shape index (κ2) is 7.40. The lowest BCUT2D eigenvalue weighted by Gasteiger charge is -2.17. The standard InChI is InChI=1S/C14H21NO4S/c1-11(2)9-10-20(17,18)15-13(14(16)19-3)12-7-5-4-6-8-12/h4-8,11,13,15H,9-10H2,1-3H3. The molecule has 0 aliphatic carbocycles. The van der Waals surface area contributed by atoms with Crippen LogP contribution in [0.15, 0.2) is 30.3 Å². The van der Waals surface area contributed by atoms with E-state index in [1.807, 2.05) is 13.8 Å². The maximum atomic E-state index is 12.0. The van der Waals surface area contributed by atoms with Gasteiger partial charge in [0.15, 0.2) is 0 Å². The number of carbonyl (C=O) groups excluding carboxylic acids is 1. The fraction of sp³-hybridized carbons (Fsp3) is 0.500. The molecule has 1 aromatic rings. The van der Waals surface area contributed by atoms with Crippen LogP contribution in [0, 0.1) is 5.92 Å². The third-order valence-electron chi connectivity index (χ3n) is 2.83. The van der Waals surface area contributed by atoms with Gasteiger partial charge in [-0.05, 0) is 17.9 Å². The predicted molar refractivity (Wildman–Crippen MR) is 77.6 cm³/mol. The van der Waals surface area contributed by atoms with Crippen molar-refractivity contribution >= 4 is 16.0 Å². The van der Waals surface area contributed by atoms with Crippen molar-refractivity contribution in [1.29, 1.82) is 0 Å². The molecule has 6 heteroatoms. The molecule has 1 aromatic carbocycles. The molecule has 0 saturated carbocycles. The van der Waals surface area contributed by atoms with Gasteiger partial charge in [-0.2, -0.15) is 4.72 Å². The first kappa shape index (κ1) is 16.7. The number of rotatable bonds is 7. The minimum absolute atomic E-state index is 0.00893. The first-order valence-corrected chi connectivity index (χ1v) is 8.13. The molecular formula is C14H21NO4S. The normalized spacial score (nSPS) is 13.2. The van der Waals surface area contributed by atoms with Crippen LogP contribution in [0.4, 0.5) is 0 Å². The van der Waals surface area contributed by atoms with E-state index in [1.165, 1.54) is 7.11 Å². The molecule has 0 aliphatic heterocycles. The SMILES string of the molecule is COC(=O)C(NS(=O)(=O)CCC(C)C)c1ccccc1. The maximum Gasteiger partial charge on any atom is 0.328 e. The van der Waals surface area contributed by atoms with E-state index in [0.29, 0.717) is 12.0 Å². The van der Waals surface area contributed by atoms with Crippen LogP contribution in [0.25, 0.3) is 0 Å². The van der Waals surface area contributed by atoms with Crippen molar-refractivity contribution in [3.05, 3.63) is 35.9 Å². The summed E-state index contributed by atoms with van der Waals surface area (Å²) in [7, 11) is -2.29. The van der Waals surface area contributed by atoms with Crippen molar-refractivity contribution in [3.63, 3.8) is 0 Å². The largest absolute Gasteiger partial charge is 0.468 e. The van der Waals surface area contributed by atoms with Gasteiger partial charge in [0.05, 0.1) is 12.9 Å². The Labute approximate surface area is 120 Å². The van der Waals surface area contributed by atoms with Crippen LogP contribution in [0.1, 0.15) is 31.9 Å². The van der Waals surface area contributed by atoms with Crippen LogP contribution in [0.3, 0.4) is 0 Å². The Kier molecular flexibility index (Phi) is 6.16. The maximum absolute atomic E-state index is 12.0. The van der Waals surface area contributed by atoms with Crippen molar-refractivity contribution in [3.8, 4) is 0 Å². The van der Waals surface area contributed by atoms with Crippen molar-refractivity contribution in [1.82, 2.24) is 4.72 Å². The molecule has 0 amide bonds. The van der Waals surface area contributed by atoms with Crippen LogP contribution >= 0.6 is 0 Å². The molecule has 0 aromatic heterocycles. The topological polar surface area (TPSA) is 72.5 Å². The van der Waals surface area contributed by atoms with E-state index in [1.54, 1.807) is 30.3 Å². The molecule has 1 atom stereocenters. The second-order valence-electron chi connectivity index (χ2n) is 4.99. The number of benzene rings is 1. The summed E-state index contributed by atoms with van der Waals surface area (Å²) in [4.78, 5) is 11.8. The second-order valence-corrected chi connectivity index (χ2v) is 6.86. The highest BCUT2D eigenvalue weighted by Crippen LogP contribution is 2.16. The van der Waals surface area contributed by atoms with Gasteiger partial charge >= 0.3 is 5.97 Å². The zero-order valence-corrected chi connectivity index (χ0v) is 12.8. The quantitative estimate of drug-likeness (QED) is 0.780. The summed E-state index contributed by atoms with van der Waals surface area (Å²) in [5.41, 5.74) is 0.562. The van der Waals surface area contributed by atoms with Gasteiger partial charge in [-0.25, -0.2) is 13.2 Å². The predicted octanol–water partition coefficient (Wildman–Crippen LogP) is 1.87. The number of sulfonamides is 1. The molecular weight excluding hydrogens is 278 g/mol. The summed E-state index contributed by atoms with van der Waals surface area (Å²) < 4.78 is 31.1. The van der Waals surface area contributed by atoms with E-state index in [4.69, 9.17) is 0 Å². The molecule has 0 aliphatic rings. The van der Waals surface area contributed by atoms with Crippen LogP contribution < -0.4 is 4.72 Å². The molecule has 1 N–H and O–H groups in total. The van der Waals surface area contributed by atoms with Gasteiger partial charge in [-0.15, -0.1) is 0 Å². The lowest BCUT2D eigenvalue weighted by atomic mass is 10.1. The molecule has 5 nitrogen and oxygen atoms in total. The molecule has 1 rings (SSSR count). The van der Waals surface area contributed by atoms with E-state index in [-0.39, 0.29) is 11.7 Å². The monoisotopic (exact) mass is 299 g/mol. The number of hydrogen-bond donors (Lipinski definition) is 1. The Morgan fingerprint density at radius 1 is 1.25 bits per heavy atom. The third-order valence-corrected chi connectivity index (χ3v) is 4.20. The summed E-state index contributed by atoms with van der Waals surface area (Å²) in [6.45, 7) is 3.90. The van der Waals surface area contributed by atoms with E-state index in [0.717, 1.165) is 0 Å². The molecule has 0 heterocycles. The lowest BCUT2D eigenvalue weighted by molar-refractivity contribution is -0.142. The van der Waals surface area contributed by atoms with E-state index >= 15 is 0 Å². The molecule has 112 valence electrons. The van der Waals surface area contributed by atoms with Gasteiger partial charge in [0.25, 0.3) is 0 Å². The van der Waals surface area contributed by atoms with Crippen molar-refractivity contribution in [2.75, 3.05) is 12.9 Å². The summed E-state index contributed by atoms with van der Waals surface area (Å²) in [6.07, 6.45) is 0.540. The number of ether oxygens (including phenoxy) is 1. The van der Waals surface area contributed by atoms with Gasteiger partial charge in [0, 0.05) is 0 Å². The van der Waals surface area contributed by atoms with Gasteiger partial charge < -0.3 is 4.74 Å². The van der Waals surface area contributed by atoms with Gasteiger partial charge in [-0.1, -0.05) is 44.2 Å². The first-order chi connectivity index (χ1) is 9.35. The zero-order valence-electron chi connectivity index (χ0n) is 12.0. The van der Waals surface area contributed by atoms with Crippen LogP contribution in [-0.2, 0) is 19.6 Å². The van der Waals surface area contributed by atoms with Gasteiger partial charge in [-0.3, -0.25) is 0 Å². The smallest absolute Gasteiger partial charge is 0.328 e. The number of nitrogens with one attached hydrogen (secondary N) is 1. The number of hydrogen-bond acceptors (Lipinski definition) is 4. The zero-order chi connectivity index (χ0) is 15.2. The minimum Gasteiger partial charge on any atom is -0.468 e. The lowest BCUT2D eigenvalue weighted by Crippen LogP contribution is -2.36. The van der Waals surface area contributed by atoms with Crippen molar-refractivity contribution < 1.29 is 17.9 Å². The van der Waals surface area contributed by atoms with Crippen LogP contribution in [0.5, 0.6) is 0 Å². The molecule has 0 spiro atoms. The first-order valence-electron chi connectivity index (χ1n) is 6.48. The summed E-state index contributed by atoms with van der Waals surface area (Å²) in [5.74, 6) is -0.352. The molecule has 20 heavy (non-hydrogen) atoms. The molecule has 0 bridgehead atoms. The number of methoxy groups -OCH3 is 1. The van der Waals surface area contributed by atoms with E-state index < -0.39 is 22.0 Å². The van der Waals surface area contributed by atoms with Crippen molar-refractivity contribution in [2.24, 2.45) is 5.92 Å². The summed E-state index contributed by atoms with van der Waals surface area (Å²) in [5, 5.41) is 0. The number of esters is 1. The molecule has 0 radical (unpaired) electrons. The fourth-order valence-electron chi connectivity index (χ4n) is 1.64. The Morgan fingerprint density at radius 2 is 1.85 bits per heavy atom. The van der Waals surface area contributed by atoms with E-state index in [9.17, 15) is 13.2 Å². The van der Waals surface area contributed by atoms with Gasteiger partial charge in [0.1, 0.15) is 6.04 Å². The highest BCUT2D eigenvalue weighted by molar-refractivity contribution is 7.89. The third kappa shape index (κ3) is 5.30. The Balaban J connectivity index is 2.89. The van der Waals surface area contributed by atoms with Crippen LogP contribution in [-0.4, -0.2) is 27.2 Å². The Morgan fingerprint density at radius 3 is 2.35 bits per heavy atom. The average Bonchev–Trinajstić information content (AvgIpc) is 2.43. The average molecular weight is 299 g/mol. The number of carbonyl (C=O) groups is 1. The molecule has 1 unspecified atom stereocenters. The van der Waals surface area contributed by atoms with Crippen molar-refractivity contribution in [2.45, 2.75) is 26.3 Å². The highest BCUT2D eigenvalue weighted by Gasteiger charge is 2.26. The highest BCUT2D eigenvalue weighted by atomic mass is 32.2. The Bertz CT molecular complexity index is 525. The minimum atomic E-state index is -3.53. The Hall–Kier alpha value is -1.40. The van der Waals surface area contributed by atoms with Gasteiger partial charge in [0.2, 0.25) is 10.0 Å². The summed E-state index contributed by atoms with van der Waals surface area (Å²) >= 11 is 0. The molecule has 0 fully saturated rings. The van der Waals surface area contributed by atoms with E-state index in [2.05, 4.69) is 9.46 Å². The summed E-state index contributed by atoms with van der Waals surface area (Å²) in [6, 6.07) is 7.66. The fourth-order valence-corrected chi connectivity index (χ4v) is 3.14. The molecule has 0 saturated heterocycles. The van der Waals surface area contributed by atoms with Crippen LogP contribution in [0.2, 0.25) is 0 Å².